The first kappa shape index (κ1) is 25.4. The van der Waals surface area contributed by atoms with E-state index in [0.29, 0.717) is 29.2 Å². The van der Waals surface area contributed by atoms with Gasteiger partial charge in [0.1, 0.15) is 5.54 Å². The van der Waals surface area contributed by atoms with Crippen LogP contribution in [0.25, 0.3) is 0 Å². The molecule has 9 heteroatoms. The Morgan fingerprint density at radius 3 is 2.24 bits per heavy atom. The number of Topliss-reactive ketones (excluding diaryl/α,β-unsaturated/α-hetero) is 1. The van der Waals surface area contributed by atoms with Gasteiger partial charge in [0.2, 0.25) is 5.75 Å². The predicted molar refractivity (Wildman–Crippen MR) is 126 cm³/mol. The molecule has 1 aliphatic carbocycles. The minimum atomic E-state index is -1.20. The molecule has 2 aromatic carbocycles. The summed E-state index contributed by atoms with van der Waals surface area (Å²) in [5, 5.41) is 0.409. The number of carbonyl (C=O) groups is 3. The first-order valence-electron chi connectivity index (χ1n) is 10.8. The Balaban J connectivity index is 1.83. The maximum atomic E-state index is 13.2. The average molecular weight is 490 g/mol. The van der Waals surface area contributed by atoms with Crippen LogP contribution in [0.5, 0.6) is 17.2 Å². The number of ketones is 1. The summed E-state index contributed by atoms with van der Waals surface area (Å²) in [4.78, 5) is 40.4. The van der Waals surface area contributed by atoms with E-state index in [2.05, 4.69) is 0 Å². The number of amides is 1. The molecule has 0 saturated heterocycles. The highest BCUT2D eigenvalue weighted by atomic mass is 35.5. The molecule has 0 N–H and O–H groups in total. The molecule has 0 heterocycles. The molecular weight excluding hydrogens is 462 g/mol. The van der Waals surface area contributed by atoms with Crippen molar-refractivity contribution in [3.8, 4) is 17.2 Å². The molecule has 1 atom stereocenters. The Morgan fingerprint density at radius 2 is 1.68 bits per heavy atom. The van der Waals surface area contributed by atoms with E-state index in [1.807, 2.05) is 0 Å². The molecule has 0 radical (unpaired) electrons. The van der Waals surface area contributed by atoms with Crippen molar-refractivity contribution in [1.82, 2.24) is 4.90 Å². The summed E-state index contributed by atoms with van der Waals surface area (Å²) < 4.78 is 21.1. The van der Waals surface area contributed by atoms with E-state index in [1.165, 1.54) is 38.4 Å². The van der Waals surface area contributed by atoms with Gasteiger partial charge in [0.15, 0.2) is 23.9 Å². The molecular formula is C25H28ClNO7. The van der Waals surface area contributed by atoms with Crippen molar-refractivity contribution in [2.75, 3.05) is 35.0 Å². The maximum Gasteiger partial charge on any atom is 0.338 e. The predicted octanol–water partition coefficient (Wildman–Crippen LogP) is 4.02. The van der Waals surface area contributed by atoms with Crippen molar-refractivity contribution in [2.45, 2.75) is 31.2 Å². The summed E-state index contributed by atoms with van der Waals surface area (Å²) in [7, 11) is 5.86. The topological polar surface area (TPSA) is 91.4 Å². The number of carbonyl (C=O) groups excluding carboxylic acids is 3. The lowest BCUT2D eigenvalue weighted by Crippen LogP contribution is -2.55. The summed E-state index contributed by atoms with van der Waals surface area (Å²) in [6, 6.07) is 9.89. The SMILES string of the molecule is COc1cc(C(=O)OCC(=O)N(C)[C@@]2(c3ccccc3Cl)CCCCC2=O)cc(OC)c1OC. The third-order valence-electron chi connectivity index (χ3n) is 6.15. The van der Waals surface area contributed by atoms with Gasteiger partial charge in [-0.2, -0.15) is 0 Å². The lowest BCUT2D eigenvalue weighted by molar-refractivity contribution is -0.150. The van der Waals surface area contributed by atoms with Crippen LogP contribution in [-0.4, -0.2) is 57.5 Å². The smallest absolute Gasteiger partial charge is 0.338 e. The highest BCUT2D eigenvalue weighted by Gasteiger charge is 2.48. The van der Waals surface area contributed by atoms with Crippen molar-refractivity contribution in [2.24, 2.45) is 0 Å². The van der Waals surface area contributed by atoms with Crippen LogP contribution >= 0.6 is 11.6 Å². The lowest BCUT2D eigenvalue weighted by atomic mass is 9.74. The number of nitrogens with zero attached hydrogens (tertiary/aromatic N) is 1. The Labute approximate surface area is 203 Å². The molecule has 0 unspecified atom stereocenters. The number of methoxy groups -OCH3 is 3. The largest absolute Gasteiger partial charge is 0.493 e. The second kappa shape index (κ2) is 10.8. The van der Waals surface area contributed by atoms with Crippen LogP contribution in [0.4, 0.5) is 0 Å². The normalized spacial score (nSPS) is 17.6. The summed E-state index contributed by atoms with van der Waals surface area (Å²) in [6.45, 7) is -0.550. The van der Waals surface area contributed by atoms with Gasteiger partial charge < -0.3 is 23.8 Å². The minimum absolute atomic E-state index is 0.0846. The van der Waals surface area contributed by atoms with Gasteiger partial charge >= 0.3 is 5.97 Å². The molecule has 182 valence electrons. The fourth-order valence-electron chi connectivity index (χ4n) is 4.35. The number of hydrogen-bond acceptors (Lipinski definition) is 7. The van der Waals surface area contributed by atoms with E-state index in [9.17, 15) is 14.4 Å². The van der Waals surface area contributed by atoms with Crippen LogP contribution < -0.4 is 14.2 Å². The van der Waals surface area contributed by atoms with Crippen LogP contribution in [0.15, 0.2) is 36.4 Å². The van der Waals surface area contributed by atoms with Crippen LogP contribution in [0, 0.1) is 0 Å². The van der Waals surface area contributed by atoms with Gasteiger partial charge in [-0.25, -0.2) is 4.79 Å². The molecule has 0 spiro atoms. The molecule has 1 fully saturated rings. The second-order valence-electron chi connectivity index (χ2n) is 7.91. The first-order chi connectivity index (χ1) is 16.3. The van der Waals surface area contributed by atoms with Crippen molar-refractivity contribution in [1.29, 1.82) is 0 Å². The highest BCUT2D eigenvalue weighted by Crippen LogP contribution is 2.42. The van der Waals surface area contributed by atoms with Gasteiger partial charge in [0.05, 0.1) is 26.9 Å². The third kappa shape index (κ3) is 4.68. The van der Waals surface area contributed by atoms with E-state index in [1.54, 1.807) is 31.3 Å². The number of benzene rings is 2. The first-order valence-corrected chi connectivity index (χ1v) is 11.2. The summed E-state index contributed by atoms with van der Waals surface area (Å²) >= 11 is 6.44. The molecule has 2 aromatic rings. The quantitative estimate of drug-likeness (QED) is 0.517. The van der Waals surface area contributed by atoms with E-state index in [-0.39, 0.29) is 22.8 Å². The molecule has 1 amide bonds. The Hall–Kier alpha value is -3.26. The van der Waals surface area contributed by atoms with Crippen LogP contribution in [-0.2, 0) is 19.9 Å². The summed E-state index contributed by atoms with van der Waals surface area (Å²) in [5.74, 6) is -0.460. The number of rotatable bonds is 8. The van der Waals surface area contributed by atoms with Crippen molar-refractivity contribution < 1.29 is 33.3 Å². The van der Waals surface area contributed by atoms with E-state index < -0.39 is 24.0 Å². The summed E-state index contributed by atoms with van der Waals surface area (Å²) in [6.07, 6.45) is 2.30. The molecule has 8 nitrogen and oxygen atoms in total. The standard InChI is InChI=1S/C25H28ClNO7/c1-27(25(12-8-7-11-21(25)28)17-9-5-6-10-18(17)26)22(29)15-34-24(30)16-13-19(31-2)23(33-4)20(14-16)32-3/h5-6,9-10,13-14H,7-8,11-12,15H2,1-4H3/t25-/m1/s1. The van der Waals surface area contributed by atoms with Crippen LogP contribution in [0.2, 0.25) is 5.02 Å². The molecule has 1 saturated carbocycles. The zero-order chi connectivity index (χ0) is 24.9. The van der Waals surface area contributed by atoms with E-state index >= 15 is 0 Å². The number of esters is 1. The zero-order valence-corrected chi connectivity index (χ0v) is 20.4. The van der Waals surface area contributed by atoms with Gasteiger partial charge in [-0.15, -0.1) is 0 Å². The minimum Gasteiger partial charge on any atom is -0.493 e. The van der Waals surface area contributed by atoms with Gasteiger partial charge in [-0.05, 0) is 37.5 Å². The second-order valence-corrected chi connectivity index (χ2v) is 8.32. The van der Waals surface area contributed by atoms with Crippen molar-refractivity contribution >= 4 is 29.3 Å². The highest BCUT2D eigenvalue weighted by molar-refractivity contribution is 6.31. The Bertz CT molecular complexity index is 1060. The van der Waals surface area contributed by atoms with Crippen LogP contribution in [0.3, 0.4) is 0 Å². The fourth-order valence-corrected chi connectivity index (χ4v) is 4.64. The zero-order valence-electron chi connectivity index (χ0n) is 19.7. The van der Waals surface area contributed by atoms with Gasteiger partial charge in [0.25, 0.3) is 5.91 Å². The van der Waals surface area contributed by atoms with Gasteiger partial charge in [-0.1, -0.05) is 29.8 Å². The molecule has 0 bridgehead atoms. The maximum absolute atomic E-state index is 13.2. The molecule has 0 aliphatic heterocycles. The monoisotopic (exact) mass is 489 g/mol. The number of likely N-dealkylation sites (N-methyl/N-ethyl adjacent to an activating group) is 1. The number of halogens is 1. The molecule has 3 rings (SSSR count). The van der Waals surface area contributed by atoms with Gasteiger partial charge in [0, 0.05) is 24.1 Å². The van der Waals surface area contributed by atoms with Crippen LogP contribution in [0.1, 0.15) is 41.6 Å². The Morgan fingerprint density at radius 1 is 1.03 bits per heavy atom. The third-order valence-corrected chi connectivity index (χ3v) is 6.48. The van der Waals surface area contributed by atoms with E-state index in [0.717, 1.165) is 12.8 Å². The number of ether oxygens (including phenoxy) is 4. The van der Waals surface area contributed by atoms with E-state index in [4.69, 9.17) is 30.5 Å². The fraction of sp³-hybridized carbons (Fsp3) is 0.400. The van der Waals surface area contributed by atoms with Gasteiger partial charge in [-0.3, -0.25) is 9.59 Å². The molecule has 34 heavy (non-hydrogen) atoms. The Kier molecular flexibility index (Phi) is 8.04. The molecule has 0 aromatic heterocycles. The summed E-state index contributed by atoms with van der Waals surface area (Å²) in [5.41, 5.74) is -0.500. The lowest BCUT2D eigenvalue weighted by Gasteiger charge is -2.43. The average Bonchev–Trinajstić information content (AvgIpc) is 2.86. The van der Waals surface area contributed by atoms with Crippen molar-refractivity contribution in [3.63, 3.8) is 0 Å². The number of hydrogen-bond donors (Lipinski definition) is 0. The molecule has 1 aliphatic rings. The van der Waals surface area contributed by atoms with Crippen molar-refractivity contribution in [3.05, 3.63) is 52.5 Å².